The SMILES string of the molecule is COc1ccc(NC(=O)N2CC[NH+](Cc3ccc(Cl)cc3)CC2)cc1. The van der Waals surface area contributed by atoms with Gasteiger partial charge in [0.1, 0.15) is 12.3 Å². The Bertz CT molecular complexity index is 696. The summed E-state index contributed by atoms with van der Waals surface area (Å²) in [6.45, 7) is 4.36. The van der Waals surface area contributed by atoms with Gasteiger partial charge in [0.15, 0.2) is 0 Å². The molecule has 0 saturated carbocycles. The number of methoxy groups -OCH3 is 1. The van der Waals surface area contributed by atoms with Crippen LogP contribution in [0, 0.1) is 0 Å². The number of piperazine rings is 1. The minimum Gasteiger partial charge on any atom is -0.497 e. The van der Waals surface area contributed by atoms with Crippen LogP contribution < -0.4 is 15.0 Å². The number of carbonyl (C=O) groups is 1. The number of hydrogen-bond acceptors (Lipinski definition) is 2. The lowest BCUT2D eigenvalue weighted by atomic mass is 10.2. The number of quaternary nitrogens is 1. The Balaban J connectivity index is 1.47. The molecule has 25 heavy (non-hydrogen) atoms. The zero-order valence-corrected chi connectivity index (χ0v) is 15.1. The van der Waals surface area contributed by atoms with Gasteiger partial charge in [-0.25, -0.2) is 4.79 Å². The molecule has 0 atom stereocenters. The van der Waals surface area contributed by atoms with Gasteiger partial charge >= 0.3 is 6.03 Å². The predicted octanol–water partition coefficient (Wildman–Crippen LogP) is 2.28. The van der Waals surface area contributed by atoms with E-state index in [2.05, 4.69) is 17.4 Å². The van der Waals surface area contributed by atoms with Crippen LogP contribution in [-0.2, 0) is 6.54 Å². The lowest BCUT2D eigenvalue weighted by molar-refractivity contribution is -0.917. The molecule has 132 valence electrons. The largest absolute Gasteiger partial charge is 0.497 e. The summed E-state index contributed by atoms with van der Waals surface area (Å²) in [4.78, 5) is 15.7. The summed E-state index contributed by atoms with van der Waals surface area (Å²) in [5.41, 5.74) is 2.05. The first-order chi connectivity index (χ1) is 12.1. The Kier molecular flexibility index (Phi) is 5.79. The van der Waals surface area contributed by atoms with E-state index in [-0.39, 0.29) is 6.03 Å². The second-order valence-corrected chi connectivity index (χ2v) is 6.64. The standard InChI is InChI=1S/C19H22ClN3O2/c1-25-18-8-6-17(7-9-18)21-19(24)23-12-10-22(11-13-23)14-15-2-4-16(20)5-3-15/h2-9H,10-14H2,1H3,(H,21,24)/p+1. The molecule has 2 N–H and O–H groups in total. The quantitative estimate of drug-likeness (QED) is 0.878. The summed E-state index contributed by atoms with van der Waals surface area (Å²) < 4.78 is 5.12. The Morgan fingerprint density at radius 2 is 1.76 bits per heavy atom. The fraction of sp³-hybridized carbons (Fsp3) is 0.316. The van der Waals surface area contributed by atoms with Gasteiger partial charge in [0, 0.05) is 16.3 Å². The summed E-state index contributed by atoms with van der Waals surface area (Å²) in [7, 11) is 1.62. The number of anilines is 1. The number of carbonyl (C=O) groups excluding carboxylic acids is 1. The molecule has 1 aliphatic heterocycles. The number of ether oxygens (including phenoxy) is 1. The van der Waals surface area contributed by atoms with Crippen LogP contribution in [0.25, 0.3) is 0 Å². The first kappa shape index (κ1) is 17.6. The summed E-state index contributed by atoms with van der Waals surface area (Å²) in [5.74, 6) is 0.775. The molecule has 5 nitrogen and oxygen atoms in total. The van der Waals surface area contributed by atoms with E-state index < -0.39 is 0 Å². The number of nitrogens with zero attached hydrogens (tertiary/aromatic N) is 1. The van der Waals surface area contributed by atoms with Gasteiger partial charge in [-0.3, -0.25) is 0 Å². The molecule has 0 bridgehead atoms. The van der Waals surface area contributed by atoms with Gasteiger partial charge < -0.3 is 19.9 Å². The highest BCUT2D eigenvalue weighted by Crippen LogP contribution is 2.15. The topological polar surface area (TPSA) is 46.0 Å². The molecule has 1 aliphatic rings. The van der Waals surface area contributed by atoms with E-state index in [1.807, 2.05) is 41.3 Å². The summed E-state index contributed by atoms with van der Waals surface area (Å²) in [5, 5.41) is 3.70. The van der Waals surface area contributed by atoms with Crippen molar-refractivity contribution in [2.75, 3.05) is 38.6 Å². The highest BCUT2D eigenvalue weighted by Gasteiger charge is 2.23. The van der Waals surface area contributed by atoms with Crippen molar-refractivity contribution < 1.29 is 14.4 Å². The summed E-state index contributed by atoms with van der Waals surface area (Å²) >= 11 is 5.93. The first-order valence-electron chi connectivity index (χ1n) is 8.42. The van der Waals surface area contributed by atoms with Crippen LogP contribution in [0.5, 0.6) is 5.75 Å². The minimum atomic E-state index is -0.0456. The molecule has 0 spiro atoms. The number of urea groups is 1. The van der Waals surface area contributed by atoms with Crippen LogP contribution in [0.1, 0.15) is 5.56 Å². The number of nitrogens with one attached hydrogen (secondary N) is 2. The Hall–Kier alpha value is -2.24. The van der Waals surface area contributed by atoms with Crippen LogP contribution in [0.15, 0.2) is 48.5 Å². The molecule has 1 fully saturated rings. The predicted molar refractivity (Wildman–Crippen MR) is 99.4 cm³/mol. The van der Waals surface area contributed by atoms with Crippen LogP contribution in [0.3, 0.4) is 0 Å². The van der Waals surface area contributed by atoms with Crippen molar-refractivity contribution in [3.63, 3.8) is 0 Å². The maximum atomic E-state index is 12.4. The minimum absolute atomic E-state index is 0.0456. The second kappa shape index (κ2) is 8.23. The summed E-state index contributed by atoms with van der Waals surface area (Å²) in [6.07, 6.45) is 0. The molecule has 0 radical (unpaired) electrons. The van der Waals surface area contributed by atoms with E-state index in [9.17, 15) is 4.79 Å². The molecule has 6 heteroatoms. The highest BCUT2D eigenvalue weighted by molar-refractivity contribution is 6.30. The van der Waals surface area contributed by atoms with Crippen molar-refractivity contribution in [3.8, 4) is 5.75 Å². The third-order valence-corrected chi connectivity index (χ3v) is 4.72. The monoisotopic (exact) mass is 360 g/mol. The molecule has 2 aromatic rings. The maximum Gasteiger partial charge on any atom is 0.322 e. The van der Waals surface area contributed by atoms with Crippen molar-refractivity contribution in [2.24, 2.45) is 0 Å². The van der Waals surface area contributed by atoms with Crippen LogP contribution in [-0.4, -0.2) is 44.2 Å². The van der Waals surface area contributed by atoms with Crippen molar-refractivity contribution in [2.45, 2.75) is 6.54 Å². The molecule has 3 rings (SSSR count). The second-order valence-electron chi connectivity index (χ2n) is 6.20. The molecule has 0 aliphatic carbocycles. The smallest absolute Gasteiger partial charge is 0.322 e. The molecule has 2 aromatic carbocycles. The van der Waals surface area contributed by atoms with Gasteiger partial charge in [-0.05, 0) is 36.4 Å². The Labute approximate surface area is 153 Å². The molecule has 2 amide bonds. The van der Waals surface area contributed by atoms with Gasteiger partial charge in [-0.2, -0.15) is 0 Å². The molecule has 1 saturated heterocycles. The van der Waals surface area contributed by atoms with Crippen LogP contribution in [0.4, 0.5) is 10.5 Å². The molecule has 1 heterocycles. The third-order valence-electron chi connectivity index (χ3n) is 4.47. The van der Waals surface area contributed by atoms with Crippen molar-refractivity contribution in [1.82, 2.24) is 4.90 Å². The number of halogens is 1. The van der Waals surface area contributed by atoms with Crippen molar-refractivity contribution in [3.05, 3.63) is 59.1 Å². The maximum absolute atomic E-state index is 12.4. The molecular formula is C19H23ClN3O2+. The van der Waals surface area contributed by atoms with Crippen LogP contribution in [0.2, 0.25) is 5.02 Å². The lowest BCUT2D eigenvalue weighted by Gasteiger charge is -2.32. The zero-order valence-electron chi connectivity index (χ0n) is 14.3. The fourth-order valence-electron chi connectivity index (χ4n) is 2.97. The number of rotatable bonds is 4. The van der Waals surface area contributed by atoms with E-state index in [0.29, 0.717) is 0 Å². The highest BCUT2D eigenvalue weighted by atomic mass is 35.5. The fourth-order valence-corrected chi connectivity index (χ4v) is 3.10. The van der Waals surface area contributed by atoms with E-state index in [1.165, 1.54) is 10.5 Å². The molecule has 0 unspecified atom stereocenters. The molecular weight excluding hydrogens is 338 g/mol. The number of hydrogen-bond donors (Lipinski definition) is 2. The Morgan fingerprint density at radius 3 is 2.36 bits per heavy atom. The Morgan fingerprint density at radius 1 is 1.12 bits per heavy atom. The van der Waals surface area contributed by atoms with Gasteiger partial charge in [-0.1, -0.05) is 23.7 Å². The normalized spacial score (nSPS) is 15.0. The summed E-state index contributed by atoms with van der Waals surface area (Å²) in [6, 6.07) is 15.3. The lowest BCUT2D eigenvalue weighted by Crippen LogP contribution is -3.13. The van der Waals surface area contributed by atoms with Gasteiger partial charge in [0.25, 0.3) is 0 Å². The van der Waals surface area contributed by atoms with Gasteiger partial charge in [0.05, 0.1) is 33.3 Å². The van der Waals surface area contributed by atoms with E-state index in [4.69, 9.17) is 16.3 Å². The van der Waals surface area contributed by atoms with E-state index >= 15 is 0 Å². The van der Waals surface area contributed by atoms with E-state index in [1.54, 1.807) is 7.11 Å². The zero-order chi connectivity index (χ0) is 17.6. The van der Waals surface area contributed by atoms with Crippen molar-refractivity contribution in [1.29, 1.82) is 0 Å². The van der Waals surface area contributed by atoms with Gasteiger partial charge in [-0.15, -0.1) is 0 Å². The average molecular weight is 361 g/mol. The van der Waals surface area contributed by atoms with E-state index in [0.717, 1.165) is 49.2 Å². The molecule has 0 aromatic heterocycles. The first-order valence-corrected chi connectivity index (χ1v) is 8.80. The number of amides is 2. The third kappa shape index (κ3) is 4.87. The van der Waals surface area contributed by atoms with Crippen molar-refractivity contribution >= 4 is 23.3 Å². The number of benzene rings is 2. The van der Waals surface area contributed by atoms with Gasteiger partial charge in [0.2, 0.25) is 0 Å². The van der Waals surface area contributed by atoms with Crippen LogP contribution >= 0.6 is 11.6 Å². The average Bonchev–Trinajstić information content (AvgIpc) is 2.65.